The number of ether oxygens (including phenoxy) is 1. The van der Waals surface area contributed by atoms with Crippen LogP contribution in [0.3, 0.4) is 0 Å². The van der Waals surface area contributed by atoms with Gasteiger partial charge in [-0.05, 0) is 43.7 Å². The molecule has 0 unspecified atom stereocenters. The third-order valence-corrected chi connectivity index (χ3v) is 1.97. The number of hydrogen-bond donors (Lipinski definition) is 1. The maximum atomic E-state index is 5.86. The van der Waals surface area contributed by atoms with Gasteiger partial charge in [0.05, 0.1) is 6.61 Å². The molecule has 0 radical (unpaired) electrons. The quantitative estimate of drug-likeness (QED) is 0.808. The Morgan fingerprint density at radius 1 is 1.46 bits per heavy atom. The van der Waals surface area contributed by atoms with Crippen LogP contribution in [0.2, 0.25) is 5.02 Å². The van der Waals surface area contributed by atoms with Crippen LogP contribution in [-0.2, 0) is 6.42 Å². The van der Waals surface area contributed by atoms with E-state index in [4.69, 9.17) is 22.1 Å². The summed E-state index contributed by atoms with van der Waals surface area (Å²) in [4.78, 5) is 0. The summed E-state index contributed by atoms with van der Waals surface area (Å²) in [6, 6.07) is 5.61. The van der Waals surface area contributed by atoms with Crippen molar-refractivity contribution in [3.63, 3.8) is 0 Å². The van der Waals surface area contributed by atoms with Gasteiger partial charge in [-0.25, -0.2) is 0 Å². The van der Waals surface area contributed by atoms with Gasteiger partial charge >= 0.3 is 0 Å². The first-order valence-electron chi connectivity index (χ1n) is 4.39. The van der Waals surface area contributed by atoms with Crippen molar-refractivity contribution in [2.75, 3.05) is 13.2 Å². The average molecular weight is 200 g/mol. The summed E-state index contributed by atoms with van der Waals surface area (Å²) in [6.45, 7) is 3.24. The van der Waals surface area contributed by atoms with Crippen LogP contribution in [0.5, 0.6) is 5.75 Å². The van der Waals surface area contributed by atoms with E-state index in [9.17, 15) is 0 Å². The van der Waals surface area contributed by atoms with Gasteiger partial charge in [0, 0.05) is 5.02 Å². The molecule has 1 aromatic carbocycles. The van der Waals surface area contributed by atoms with Crippen molar-refractivity contribution < 1.29 is 4.74 Å². The fourth-order valence-electron chi connectivity index (χ4n) is 1.20. The molecule has 0 aliphatic carbocycles. The van der Waals surface area contributed by atoms with Gasteiger partial charge in [-0.1, -0.05) is 11.6 Å². The van der Waals surface area contributed by atoms with E-state index in [2.05, 4.69) is 0 Å². The molecular formula is C10H14ClNO. The lowest BCUT2D eigenvalue weighted by atomic mass is 10.1. The van der Waals surface area contributed by atoms with Crippen molar-refractivity contribution >= 4 is 11.6 Å². The zero-order chi connectivity index (χ0) is 9.68. The molecule has 0 bridgehead atoms. The minimum atomic E-state index is 0.612. The van der Waals surface area contributed by atoms with E-state index in [-0.39, 0.29) is 0 Å². The number of halogens is 1. The predicted molar refractivity (Wildman–Crippen MR) is 55.4 cm³/mol. The standard InChI is InChI=1S/C10H14ClNO/c1-2-13-10-4-3-9(11)7-8(10)5-6-12/h3-4,7H,2,5-6,12H2,1H3. The second kappa shape index (κ2) is 5.10. The number of rotatable bonds is 4. The molecule has 0 amide bonds. The van der Waals surface area contributed by atoms with Crippen molar-refractivity contribution in [2.45, 2.75) is 13.3 Å². The maximum Gasteiger partial charge on any atom is 0.122 e. The lowest BCUT2D eigenvalue weighted by molar-refractivity contribution is 0.336. The fourth-order valence-corrected chi connectivity index (χ4v) is 1.39. The first-order chi connectivity index (χ1) is 6.27. The van der Waals surface area contributed by atoms with Crippen molar-refractivity contribution in [1.82, 2.24) is 0 Å². The molecule has 72 valence electrons. The lowest BCUT2D eigenvalue weighted by Gasteiger charge is -2.09. The van der Waals surface area contributed by atoms with E-state index >= 15 is 0 Å². The minimum Gasteiger partial charge on any atom is -0.494 e. The highest BCUT2D eigenvalue weighted by atomic mass is 35.5. The second-order valence-electron chi connectivity index (χ2n) is 2.72. The van der Waals surface area contributed by atoms with Crippen LogP contribution in [-0.4, -0.2) is 13.2 Å². The molecule has 3 heteroatoms. The summed E-state index contributed by atoms with van der Waals surface area (Å²) in [5.41, 5.74) is 6.56. The maximum absolute atomic E-state index is 5.86. The van der Waals surface area contributed by atoms with Gasteiger partial charge in [0.1, 0.15) is 5.75 Å². The van der Waals surface area contributed by atoms with Gasteiger partial charge < -0.3 is 10.5 Å². The van der Waals surface area contributed by atoms with Crippen molar-refractivity contribution in [3.8, 4) is 5.75 Å². The molecule has 0 saturated carbocycles. The van der Waals surface area contributed by atoms with Gasteiger partial charge in [-0.15, -0.1) is 0 Å². The molecule has 13 heavy (non-hydrogen) atoms. The summed E-state index contributed by atoms with van der Waals surface area (Å²) in [6.07, 6.45) is 0.801. The summed E-state index contributed by atoms with van der Waals surface area (Å²) < 4.78 is 5.43. The van der Waals surface area contributed by atoms with E-state index in [1.54, 1.807) is 0 Å². The van der Waals surface area contributed by atoms with Gasteiger partial charge in [0.25, 0.3) is 0 Å². The van der Waals surface area contributed by atoms with Crippen molar-refractivity contribution in [2.24, 2.45) is 5.73 Å². The zero-order valence-electron chi connectivity index (χ0n) is 7.72. The Kier molecular flexibility index (Phi) is 4.06. The highest BCUT2D eigenvalue weighted by molar-refractivity contribution is 6.30. The van der Waals surface area contributed by atoms with Crippen LogP contribution in [0.4, 0.5) is 0 Å². The molecule has 0 aliphatic rings. The predicted octanol–water partition coefficient (Wildman–Crippen LogP) is 2.24. The van der Waals surface area contributed by atoms with E-state index < -0.39 is 0 Å². The third-order valence-electron chi connectivity index (χ3n) is 1.74. The van der Waals surface area contributed by atoms with Crippen LogP contribution >= 0.6 is 11.6 Å². The second-order valence-corrected chi connectivity index (χ2v) is 3.16. The van der Waals surface area contributed by atoms with Crippen LogP contribution in [0.1, 0.15) is 12.5 Å². The lowest BCUT2D eigenvalue weighted by Crippen LogP contribution is -2.05. The molecule has 1 rings (SSSR count). The monoisotopic (exact) mass is 199 g/mol. The highest BCUT2D eigenvalue weighted by Crippen LogP contribution is 2.22. The van der Waals surface area contributed by atoms with Crippen LogP contribution < -0.4 is 10.5 Å². The van der Waals surface area contributed by atoms with Crippen LogP contribution in [0, 0.1) is 0 Å². The van der Waals surface area contributed by atoms with E-state index in [1.807, 2.05) is 25.1 Å². The topological polar surface area (TPSA) is 35.2 Å². The Morgan fingerprint density at radius 3 is 2.85 bits per heavy atom. The summed E-state index contributed by atoms with van der Waals surface area (Å²) in [5.74, 6) is 0.886. The third kappa shape index (κ3) is 2.90. The molecule has 0 atom stereocenters. The number of hydrogen-bond acceptors (Lipinski definition) is 2. The minimum absolute atomic E-state index is 0.612. The molecule has 0 fully saturated rings. The molecule has 0 spiro atoms. The first kappa shape index (κ1) is 10.4. The van der Waals surface area contributed by atoms with Crippen LogP contribution in [0.25, 0.3) is 0 Å². The Balaban J connectivity index is 2.89. The molecule has 2 N–H and O–H groups in total. The van der Waals surface area contributed by atoms with Gasteiger partial charge in [-0.2, -0.15) is 0 Å². The van der Waals surface area contributed by atoms with E-state index in [0.717, 1.165) is 22.8 Å². The molecule has 0 aromatic heterocycles. The highest BCUT2D eigenvalue weighted by Gasteiger charge is 2.02. The fraction of sp³-hybridized carbons (Fsp3) is 0.400. The zero-order valence-corrected chi connectivity index (χ0v) is 8.47. The van der Waals surface area contributed by atoms with Gasteiger partial charge in [0.15, 0.2) is 0 Å². The number of benzene rings is 1. The molecule has 0 aliphatic heterocycles. The van der Waals surface area contributed by atoms with Crippen molar-refractivity contribution in [1.29, 1.82) is 0 Å². The Bertz CT molecular complexity index is 276. The first-order valence-corrected chi connectivity index (χ1v) is 4.77. The normalized spacial score (nSPS) is 10.1. The van der Waals surface area contributed by atoms with E-state index in [1.165, 1.54) is 0 Å². The Morgan fingerprint density at radius 2 is 2.23 bits per heavy atom. The molecule has 1 aromatic rings. The van der Waals surface area contributed by atoms with Gasteiger partial charge in [0.2, 0.25) is 0 Å². The van der Waals surface area contributed by atoms with Crippen LogP contribution in [0.15, 0.2) is 18.2 Å². The largest absolute Gasteiger partial charge is 0.494 e. The average Bonchev–Trinajstić information content (AvgIpc) is 2.10. The molecule has 0 heterocycles. The van der Waals surface area contributed by atoms with Crippen molar-refractivity contribution in [3.05, 3.63) is 28.8 Å². The number of nitrogens with two attached hydrogens (primary N) is 1. The molecular weight excluding hydrogens is 186 g/mol. The smallest absolute Gasteiger partial charge is 0.122 e. The van der Waals surface area contributed by atoms with Gasteiger partial charge in [-0.3, -0.25) is 0 Å². The van der Waals surface area contributed by atoms with E-state index in [0.29, 0.717) is 13.2 Å². The molecule has 2 nitrogen and oxygen atoms in total. The summed E-state index contributed by atoms with van der Waals surface area (Å²) >= 11 is 5.86. The summed E-state index contributed by atoms with van der Waals surface area (Å²) in [5, 5.41) is 0.729. The Hall–Kier alpha value is -0.730. The SMILES string of the molecule is CCOc1ccc(Cl)cc1CCN. The Labute approximate surface area is 83.6 Å². The summed E-state index contributed by atoms with van der Waals surface area (Å²) in [7, 11) is 0. The molecule has 0 saturated heterocycles.